The number of nitrogens with zero attached hydrogens (tertiary/aromatic N) is 2. The van der Waals surface area contributed by atoms with Gasteiger partial charge in [-0.05, 0) is 30.5 Å². The third-order valence-electron chi connectivity index (χ3n) is 3.43. The van der Waals surface area contributed by atoms with Gasteiger partial charge in [0.15, 0.2) is 0 Å². The summed E-state index contributed by atoms with van der Waals surface area (Å²) in [4.78, 5) is 20.2. The minimum atomic E-state index is -0.233. The van der Waals surface area contributed by atoms with Crippen molar-refractivity contribution in [1.82, 2.24) is 15.3 Å². The summed E-state index contributed by atoms with van der Waals surface area (Å²) >= 11 is 0. The van der Waals surface area contributed by atoms with Crippen LogP contribution >= 0.6 is 0 Å². The van der Waals surface area contributed by atoms with Gasteiger partial charge in [-0.1, -0.05) is 26.0 Å². The average Bonchev–Trinajstić information content (AvgIpc) is 2.54. The van der Waals surface area contributed by atoms with Crippen molar-refractivity contribution >= 4 is 11.9 Å². The summed E-state index contributed by atoms with van der Waals surface area (Å²) in [6.45, 7) is 4.04. The van der Waals surface area contributed by atoms with Crippen LogP contribution in [0.5, 0.6) is 0 Å². The van der Waals surface area contributed by atoms with Crippen LogP contribution in [0.3, 0.4) is 0 Å². The van der Waals surface area contributed by atoms with Gasteiger partial charge in [-0.2, -0.15) is 0 Å². The summed E-state index contributed by atoms with van der Waals surface area (Å²) in [5.74, 6) is 0.417. The van der Waals surface area contributed by atoms with E-state index >= 15 is 0 Å². The Hall–Kier alpha value is -2.47. The zero-order chi connectivity index (χ0) is 16.8. The van der Waals surface area contributed by atoms with Gasteiger partial charge >= 0.3 is 0 Å². The number of hydrogen-bond donors (Lipinski definition) is 3. The Kier molecular flexibility index (Phi) is 5.65. The van der Waals surface area contributed by atoms with Crippen molar-refractivity contribution in [3.8, 4) is 11.3 Å². The van der Waals surface area contributed by atoms with Crippen LogP contribution in [0.1, 0.15) is 30.6 Å². The van der Waals surface area contributed by atoms with Gasteiger partial charge in [0, 0.05) is 17.3 Å². The highest BCUT2D eigenvalue weighted by molar-refractivity contribution is 5.94. The van der Waals surface area contributed by atoms with Crippen LogP contribution in [0.4, 0.5) is 5.95 Å². The molecule has 2 rings (SSSR count). The van der Waals surface area contributed by atoms with Crippen molar-refractivity contribution in [2.24, 2.45) is 5.92 Å². The summed E-state index contributed by atoms with van der Waals surface area (Å²) in [5, 5.41) is 12.2. The molecule has 122 valence electrons. The van der Waals surface area contributed by atoms with Crippen LogP contribution in [-0.2, 0) is 0 Å². The minimum Gasteiger partial charge on any atom is -0.394 e. The number of aromatic nitrogens is 2. The molecular formula is C17H22N4O2. The van der Waals surface area contributed by atoms with Crippen molar-refractivity contribution in [1.29, 1.82) is 0 Å². The summed E-state index contributed by atoms with van der Waals surface area (Å²) in [6.07, 6.45) is 2.33. The normalized spacial score (nSPS) is 12.2. The van der Waals surface area contributed by atoms with E-state index in [-0.39, 0.29) is 24.5 Å². The second-order valence-corrected chi connectivity index (χ2v) is 5.86. The standard InChI is InChI=1S/C17H22N4O2/c1-11(2)9-14(10-22)20-16(23)13-5-3-12(4-6-13)15-7-8-19-17(18)21-15/h3-8,11,14,22H,9-10H2,1-2H3,(H,20,23)(H2,18,19,21)/t14-/m0/s1. The fourth-order valence-corrected chi connectivity index (χ4v) is 2.34. The molecule has 0 aliphatic carbocycles. The maximum atomic E-state index is 12.2. The first kappa shape index (κ1) is 16.9. The Morgan fingerprint density at radius 3 is 2.52 bits per heavy atom. The van der Waals surface area contributed by atoms with Gasteiger partial charge < -0.3 is 16.2 Å². The van der Waals surface area contributed by atoms with Crippen LogP contribution in [0.2, 0.25) is 0 Å². The summed E-state index contributed by atoms with van der Waals surface area (Å²) < 4.78 is 0. The van der Waals surface area contributed by atoms with Gasteiger partial charge in [-0.3, -0.25) is 4.79 Å². The smallest absolute Gasteiger partial charge is 0.251 e. The molecule has 0 unspecified atom stereocenters. The van der Waals surface area contributed by atoms with E-state index < -0.39 is 0 Å². The van der Waals surface area contributed by atoms with Crippen LogP contribution < -0.4 is 11.1 Å². The molecule has 0 spiro atoms. The topological polar surface area (TPSA) is 101 Å². The lowest BCUT2D eigenvalue weighted by Gasteiger charge is -2.18. The average molecular weight is 314 g/mol. The fraction of sp³-hybridized carbons (Fsp3) is 0.353. The zero-order valence-corrected chi connectivity index (χ0v) is 13.4. The second-order valence-electron chi connectivity index (χ2n) is 5.86. The number of nitrogens with one attached hydrogen (secondary N) is 1. The van der Waals surface area contributed by atoms with E-state index in [9.17, 15) is 9.90 Å². The third-order valence-corrected chi connectivity index (χ3v) is 3.43. The first-order valence-corrected chi connectivity index (χ1v) is 7.60. The number of nitrogens with two attached hydrogens (primary N) is 1. The quantitative estimate of drug-likeness (QED) is 0.755. The third kappa shape index (κ3) is 4.75. The highest BCUT2D eigenvalue weighted by atomic mass is 16.3. The maximum Gasteiger partial charge on any atom is 0.251 e. The monoisotopic (exact) mass is 314 g/mol. The molecule has 4 N–H and O–H groups in total. The number of benzene rings is 1. The molecule has 6 nitrogen and oxygen atoms in total. The molecule has 6 heteroatoms. The van der Waals surface area contributed by atoms with Crippen molar-refractivity contribution in [3.63, 3.8) is 0 Å². The van der Waals surface area contributed by atoms with Gasteiger partial charge in [0.2, 0.25) is 5.95 Å². The predicted molar refractivity (Wildman–Crippen MR) is 89.7 cm³/mol. The largest absolute Gasteiger partial charge is 0.394 e. The molecule has 0 radical (unpaired) electrons. The lowest BCUT2D eigenvalue weighted by Crippen LogP contribution is -2.38. The first-order valence-electron chi connectivity index (χ1n) is 7.60. The van der Waals surface area contributed by atoms with E-state index in [1.54, 1.807) is 24.4 Å². The Morgan fingerprint density at radius 1 is 1.26 bits per heavy atom. The number of carbonyl (C=O) groups excluding carboxylic acids is 1. The molecule has 1 atom stereocenters. The molecule has 1 aromatic heterocycles. The molecule has 0 fully saturated rings. The molecule has 0 saturated heterocycles. The molecule has 0 aliphatic rings. The van der Waals surface area contributed by atoms with Gasteiger partial charge in [-0.15, -0.1) is 0 Å². The number of anilines is 1. The Balaban J connectivity index is 2.08. The number of carbonyl (C=O) groups is 1. The zero-order valence-electron chi connectivity index (χ0n) is 13.4. The molecule has 0 bridgehead atoms. The number of hydrogen-bond acceptors (Lipinski definition) is 5. The molecule has 0 aliphatic heterocycles. The number of amides is 1. The number of rotatable bonds is 6. The van der Waals surface area contributed by atoms with Crippen molar-refractivity contribution in [2.45, 2.75) is 26.3 Å². The van der Waals surface area contributed by atoms with Gasteiger partial charge in [0.25, 0.3) is 5.91 Å². The van der Waals surface area contributed by atoms with Gasteiger partial charge in [-0.25, -0.2) is 9.97 Å². The lowest BCUT2D eigenvalue weighted by molar-refractivity contribution is 0.0908. The maximum absolute atomic E-state index is 12.2. The summed E-state index contributed by atoms with van der Waals surface area (Å²) in [6, 6.07) is 8.61. The number of aliphatic hydroxyl groups is 1. The summed E-state index contributed by atoms with van der Waals surface area (Å²) in [5.41, 5.74) is 7.68. The highest BCUT2D eigenvalue weighted by Gasteiger charge is 2.14. The van der Waals surface area contributed by atoms with Crippen molar-refractivity contribution in [2.75, 3.05) is 12.3 Å². The van der Waals surface area contributed by atoms with Crippen LogP contribution in [-0.4, -0.2) is 33.6 Å². The van der Waals surface area contributed by atoms with E-state index in [1.165, 1.54) is 0 Å². The van der Waals surface area contributed by atoms with Crippen molar-refractivity contribution < 1.29 is 9.90 Å². The van der Waals surface area contributed by atoms with Crippen LogP contribution in [0.25, 0.3) is 11.3 Å². The second kappa shape index (κ2) is 7.69. The van der Waals surface area contributed by atoms with Crippen molar-refractivity contribution in [3.05, 3.63) is 42.1 Å². The van der Waals surface area contributed by atoms with Gasteiger partial charge in [0.05, 0.1) is 18.3 Å². The minimum absolute atomic E-state index is 0.0672. The van der Waals surface area contributed by atoms with Gasteiger partial charge in [0.1, 0.15) is 0 Å². The molecule has 1 aromatic carbocycles. The number of nitrogen functional groups attached to an aromatic ring is 1. The van der Waals surface area contributed by atoms with E-state index in [0.29, 0.717) is 17.2 Å². The SMILES string of the molecule is CC(C)C[C@@H](CO)NC(=O)c1ccc(-c2ccnc(N)n2)cc1. The Morgan fingerprint density at radius 2 is 1.96 bits per heavy atom. The fourth-order valence-electron chi connectivity index (χ4n) is 2.34. The lowest BCUT2D eigenvalue weighted by atomic mass is 10.0. The number of aliphatic hydroxyl groups excluding tert-OH is 1. The molecular weight excluding hydrogens is 292 g/mol. The Labute approximate surface area is 135 Å². The van der Waals surface area contributed by atoms with Crippen LogP contribution in [0, 0.1) is 5.92 Å². The first-order chi connectivity index (χ1) is 11.0. The summed E-state index contributed by atoms with van der Waals surface area (Å²) in [7, 11) is 0. The van der Waals surface area contributed by atoms with E-state index in [1.807, 2.05) is 12.1 Å². The molecule has 1 heterocycles. The van der Waals surface area contributed by atoms with E-state index in [0.717, 1.165) is 12.0 Å². The molecule has 2 aromatic rings. The molecule has 23 heavy (non-hydrogen) atoms. The van der Waals surface area contributed by atoms with Crippen LogP contribution in [0.15, 0.2) is 36.5 Å². The molecule has 0 saturated carbocycles. The molecule has 1 amide bonds. The van der Waals surface area contributed by atoms with E-state index in [4.69, 9.17) is 5.73 Å². The van der Waals surface area contributed by atoms with E-state index in [2.05, 4.69) is 29.1 Å². The predicted octanol–water partition coefficient (Wildman–Crippen LogP) is 1.86. The highest BCUT2D eigenvalue weighted by Crippen LogP contribution is 2.18. The Bertz CT molecular complexity index is 656.